The summed E-state index contributed by atoms with van der Waals surface area (Å²) in [5.74, 6) is 0.858. The van der Waals surface area contributed by atoms with Crippen LogP contribution in [0.2, 0.25) is 0 Å². The van der Waals surface area contributed by atoms with Gasteiger partial charge < -0.3 is 14.8 Å². The Labute approximate surface area is 133 Å². The van der Waals surface area contributed by atoms with Crippen LogP contribution in [0.1, 0.15) is 25.5 Å². The first kappa shape index (κ1) is 15.6. The molecule has 1 saturated heterocycles. The molecule has 3 rings (SSSR count). The zero-order valence-electron chi connectivity index (χ0n) is 13.1. The van der Waals surface area contributed by atoms with Crippen molar-refractivity contribution >= 4 is 11.7 Å². The Bertz CT molecular complexity index is 665. The van der Waals surface area contributed by atoms with Crippen LogP contribution in [0.15, 0.2) is 24.5 Å². The Kier molecular flexibility index (Phi) is 4.63. The number of anilines is 1. The lowest BCUT2D eigenvalue weighted by Gasteiger charge is -2.22. The molecular weight excluding hydrogens is 298 g/mol. The highest BCUT2D eigenvalue weighted by Gasteiger charge is 2.24. The van der Waals surface area contributed by atoms with Gasteiger partial charge in [0.25, 0.3) is 11.9 Å². The Hall–Kier alpha value is -2.32. The van der Waals surface area contributed by atoms with Crippen LogP contribution in [0.5, 0.6) is 0 Å². The molecule has 1 unspecified atom stereocenters. The average Bonchev–Trinajstić information content (AvgIpc) is 3.00. The van der Waals surface area contributed by atoms with Crippen LogP contribution in [0.4, 0.5) is 5.82 Å². The summed E-state index contributed by atoms with van der Waals surface area (Å²) in [7, 11) is 0. The summed E-state index contributed by atoms with van der Waals surface area (Å²) in [6.45, 7) is 5.23. The molecule has 0 saturated carbocycles. The Morgan fingerprint density at radius 2 is 2.13 bits per heavy atom. The van der Waals surface area contributed by atoms with Gasteiger partial charge in [0.05, 0.1) is 25.5 Å². The molecule has 1 aliphatic heterocycles. The van der Waals surface area contributed by atoms with Gasteiger partial charge in [-0.2, -0.15) is 9.78 Å². The van der Waals surface area contributed by atoms with Crippen LogP contribution < -0.4 is 5.32 Å². The lowest BCUT2D eigenvalue weighted by atomic mass is 10.1. The standard InChI is InChI=1S/C15H19N5O3/c1-10(2)11-8-13(18-14(21)12-9-22-6-7-23-12)20(19-11)15-16-4-3-5-17-15/h3-5,8,10,12H,6-7,9H2,1-2H3,(H,18,21). The van der Waals surface area contributed by atoms with Gasteiger partial charge in [0, 0.05) is 18.5 Å². The zero-order valence-corrected chi connectivity index (χ0v) is 13.1. The smallest absolute Gasteiger partial charge is 0.257 e. The quantitative estimate of drug-likeness (QED) is 0.909. The molecule has 8 heteroatoms. The second-order valence-electron chi connectivity index (χ2n) is 5.49. The number of nitrogens with zero attached hydrogens (tertiary/aromatic N) is 4. The molecule has 2 aromatic rings. The minimum atomic E-state index is -0.619. The van der Waals surface area contributed by atoms with Gasteiger partial charge in [-0.05, 0) is 12.0 Å². The molecule has 1 atom stereocenters. The molecule has 122 valence electrons. The van der Waals surface area contributed by atoms with E-state index >= 15 is 0 Å². The van der Waals surface area contributed by atoms with Crippen molar-refractivity contribution in [3.05, 3.63) is 30.2 Å². The van der Waals surface area contributed by atoms with Gasteiger partial charge in [-0.15, -0.1) is 0 Å². The summed E-state index contributed by atoms with van der Waals surface area (Å²) >= 11 is 0. The van der Waals surface area contributed by atoms with E-state index in [4.69, 9.17) is 9.47 Å². The van der Waals surface area contributed by atoms with Crippen molar-refractivity contribution < 1.29 is 14.3 Å². The molecule has 0 spiro atoms. The van der Waals surface area contributed by atoms with E-state index < -0.39 is 6.10 Å². The Morgan fingerprint density at radius 3 is 2.78 bits per heavy atom. The van der Waals surface area contributed by atoms with Crippen molar-refractivity contribution in [1.29, 1.82) is 0 Å². The first-order valence-electron chi connectivity index (χ1n) is 7.52. The molecule has 3 heterocycles. The summed E-state index contributed by atoms with van der Waals surface area (Å²) in [5.41, 5.74) is 0.841. The summed E-state index contributed by atoms with van der Waals surface area (Å²) in [6.07, 6.45) is 2.64. The number of rotatable bonds is 4. The highest BCUT2D eigenvalue weighted by atomic mass is 16.6. The lowest BCUT2D eigenvalue weighted by molar-refractivity contribution is -0.142. The van der Waals surface area contributed by atoms with Gasteiger partial charge in [0.15, 0.2) is 6.10 Å². The van der Waals surface area contributed by atoms with Crippen LogP contribution >= 0.6 is 0 Å². The molecule has 0 aliphatic carbocycles. The third kappa shape index (κ3) is 3.54. The van der Waals surface area contributed by atoms with Gasteiger partial charge in [-0.3, -0.25) is 4.79 Å². The Morgan fingerprint density at radius 1 is 1.35 bits per heavy atom. The van der Waals surface area contributed by atoms with E-state index in [0.29, 0.717) is 25.0 Å². The molecule has 1 N–H and O–H groups in total. The van der Waals surface area contributed by atoms with E-state index in [9.17, 15) is 4.79 Å². The van der Waals surface area contributed by atoms with Crippen molar-refractivity contribution in [1.82, 2.24) is 19.7 Å². The number of hydrogen-bond donors (Lipinski definition) is 1. The van der Waals surface area contributed by atoms with Gasteiger partial charge in [-0.25, -0.2) is 9.97 Å². The number of amides is 1. The van der Waals surface area contributed by atoms with E-state index in [1.807, 2.05) is 19.9 Å². The normalized spacial score (nSPS) is 18.1. The SMILES string of the molecule is CC(C)c1cc(NC(=O)C2COCCO2)n(-c2ncccn2)n1. The maximum absolute atomic E-state index is 12.3. The van der Waals surface area contributed by atoms with Crippen LogP contribution in [-0.2, 0) is 14.3 Å². The number of hydrogen-bond acceptors (Lipinski definition) is 6. The minimum Gasteiger partial charge on any atom is -0.376 e. The monoisotopic (exact) mass is 317 g/mol. The maximum atomic E-state index is 12.3. The third-order valence-electron chi connectivity index (χ3n) is 3.42. The van der Waals surface area contributed by atoms with Gasteiger partial charge in [0.2, 0.25) is 0 Å². The van der Waals surface area contributed by atoms with Crippen molar-refractivity contribution in [2.45, 2.75) is 25.9 Å². The fourth-order valence-corrected chi connectivity index (χ4v) is 2.17. The predicted octanol–water partition coefficient (Wildman–Crippen LogP) is 1.14. The largest absolute Gasteiger partial charge is 0.376 e. The van der Waals surface area contributed by atoms with Gasteiger partial charge in [-0.1, -0.05) is 13.8 Å². The fourth-order valence-electron chi connectivity index (χ4n) is 2.17. The molecular formula is C15H19N5O3. The molecule has 2 aromatic heterocycles. The number of aromatic nitrogens is 4. The second-order valence-corrected chi connectivity index (χ2v) is 5.49. The lowest BCUT2D eigenvalue weighted by Crippen LogP contribution is -2.39. The molecule has 0 radical (unpaired) electrons. The van der Waals surface area contributed by atoms with E-state index in [-0.39, 0.29) is 18.4 Å². The second kappa shape index (κ2) is 6.84. The number of carbonyl (C=O) groups excluding carboxylic acids is 1. The van der Waals surface area contributed by atoms with Crippen LogP contribution in [0.25, 0.3) is 5.95 Å². The molecule has 1 aliphatic rings. The molecule has 0 aromatic carbocycles. The van der Waals surface area contributed by atoms with Crippen LogP contribution in [0.3, 0.4) is 0 Å². The van der Waals surface area contributed by atoms with E-state index in [2.05, 4.69) is 20.4 Å². The summed E-state index contributed by atoms with van der Waals surface area (Å²) in [6, 6.07) is 3.55. The average molecular weight is 317 g/mol. The highest BCUT2D eigenvalue weighted by molar-refractivity contribution is 5.93. The minimum absolute atomic E-state index is 0.213. The summed E-state index contributed by atoms with van der Waals surface area (Å²) in [4.78, 5) is 20.7. The number of carbonyl (C=O) groups is 1. The van der Waals surface area contributed by atoms with Gasteiger partial charge in [0.1, 0.15) is 5.82 Å². The number of nitrogens with one attached hydrogen (secondary N) is 1. The number of ether oxygens (including phenoxy) is 2. The predicted molar refractivity (Wildman–Crippen MR) is 82.4 cm³/mol. The molecule has 1 amide bonds. The third-order valence-corrected chi connectivity index (χ3v) is 3.42. The first-order valence-corrected chi connectivity index (χ1v) is 7.52. The van der Waals surface area contributed by atoms with Crippen molar-refractivity contribution in [3.8, 4) is 5.95 Å². The van der Waals surface area contributed by atoms with Crippen molar-refractivity contribution in [3.63, 3.8) is 0 Å². The van der Waals surface area contributed by atoms with Gasteiger partial charge >= 0.3 is 0 Å². The molecule has 8 nitrogen and oxygen atoms in total. The summed E-state index contributed by atoms with van der Waals surface area (Å²) < 4.78 is 12.2. The molecule has 0 bridgehead atoms. The molecule has 23 heavy (non-hydrogen) atoms. The topological polar surface area (TPSA) is 91.2 Å². The molecule has 1 fully saturated rings. The highest BCUT2D eigenvalue weighted by Crippen LogP contribution is 2.20. The zero-order chi connectivity index (χ0) is 16.2. The van der Waals surface area contributed by atoms with Crippen LogP contribution in [0, 0.1) is 0 Å². The van der Waals surface area contributed by atoms with E-state index in [1.54, 1.807) is 18.5 Å². The van der Waals surface area contributed by atoms with E-state index in [1.165, 1.54) is 4.68 Å². The summed E-state index contributed by atoms with van der Waals surface area (Å²) in [5, 5.41) is 7.31. The van der Waals surface area contributed by atoms with Crippen LogP contribution in [-0.4, -0.2) is 51.6 Å². The maximum Gasteiger partial charge on any atom is 0.257 e. The first-order chi connectivity index (χ1) is 11.1. The van der Waals surface area contributed by atoms with Crippen molar-refractivity contribution in [2.75, 3.05) is 25.1 Å². The van der Waals surface area contributed by atoms with Crippen molar-refractivity contribution in [2.24, 2.45) is 0 Å². The van der Waals surface area contributed by atoms with E-state index in [0.717, 1.165) is 5.69 Å². The Balaban J connectivity index is 1.86. The fraction of sp³-hybridized carbons (Fsp3) is 0.467.